The van der Waals surface area contributed by atoms with Crippen LogP contribution in [0.3, 0.4) is 0 Å². The lowest BCUT2D eigenvalue weighted by atomic mass is 10.1. The zero-order valence-corrected chi connectivity index (χ0v) is 18.5. The number of pyridine rings is 1. The molecule has 10 heteroatoms. The second kappa shape index (κ2) is 10.7. The number of carbonyl (C=O) groups excluding carboxylic acids is 1. The zero-order valence-electron chi connectivity index (χ0n) is 18.5. The van der Waals surface area contributed by atoms with Gasteiger partial charge in [-0.2, -0.15) is 8.78 Å². The number of rotatable bonds is 9. The minimum absolute atomic E-state index is 0.0905. The maximum atomic E-state index is 12.6. The molecular weight excluding hydrogens is 434 g/mol. The summed E-state index contributed by atoms with van der Waals surface area (Å²) >= 11 is 0. The van der Waals surface area contributed by atoms with Gasteiger partial charge in [0, 0.05) is 49.2 Å². The van der Waals surface area contributed by atoms with E-state index in [2.05, 4.69) is 19.7 Å². The Hall–Kier alpha value is -3.82. The molecular formula is C23H24F2N4O4. The molecule has 0 unspecified atom stereocenters. The highest BCUT2D eigenvalue weighted by atomic mass is 19.3. The van der Waals surface area contributed by atoms with Gasteiger partial charge in [0.05, 0.1) is 7.11 Å². The maximum absolute atomic E-state index is 12.6. The monoisotopic (exact) mass is 458 g/mol. The Morgan fingerprint density at radius 1 is 1.18 bits per heavy atom. The van der Waals surface area contributed by atoms with Crippen LogP contribution in [0.15, 0.2) is 47.5 Å². The van der Waals surface area contributed by atoms with E-state index in [-0.39, 0.29) is 42.4 Å². The smallest absolute Gasteiger partial charge is 0.387 e. The number of nitrogens with one attached hydrogen (secondary N) is 1. The molecule has 0 radical (unpaired) electrons. The number of benzene rings is 1. The number of methoxy groups -OCH3 is 1. The molecule has 1 N–H and O–H groups in total. The highest BCUT2D eigenvalue weighted by molar-refractivity contribution is 5.76. The number of amides is 1. The van der Waals surface area contributed by atoms with Crippen molar-refractivity contribution >= 4 is 5.91 Å². The number of halogens is 2. The first kappa shape index (κ1) is 23.8. The highest BCUT2D eigenvalue weighted by Gasteiger charge is 2.16. The Bertz CT molecular complexity index is 1170. The molecule has 8 nitrogen and oxygen atoms in total. The predicted molar refractivity (Wildman–Crippen MR) is 117 cm³/mol. The van der Waals surface area contributed by atoms with E-state index in [9.17, 15) is 18.4 Å². The molecule has 0 spiro atoms. The lowest BCUT2D eigenvalue weighted by Gasteiger charge is -2.19. The molecule has 0 aliphatic rings. The van der Waals surface area contributed by atoms with Crippen LogP contribution in [0.2, 0.25) is 0 Å². The van der Waals surface area contributed by atoms with Gasteiger partial charge in [0.15, 0.2) is 11.5 Å². The fourth-order valence-corrected chi connectivity index (χ4v) is 3.34. The van der Waals surface area contributed by atoms with E-state index in [0.717, 1.165) is 5.56 Å². The summed E-state index contributed by atoms with van der Waals surface area (Å²) in [4.78, 5) is 37.8. The molecule has 3 aromatic rings. The summed E-state index contributed by atoms with van der Waals surface area (Å²) in [6.45, 7) is -1.09. The summed E-state index contributed by atoms with van der Waals surface area (Å²) in [5.41, 5.74) is 2.02. The van der Waals surface area contributed by atoms with Gasteiger partial charge in [0.2, 0.25) is 5.91 Å². The number of hydrogen-bond acceptors (Lipinski definition) is 6. The molecule has 0 aliphatic heterocycles. The number of hydrogen-bond donors (Lipinski definition) is 1. The number of nitrogens with zero attached hydrogens (tertiary/aromatic N) is 3. The van der Waals surface area contributed by atoms with Crippen LogP contribution in [0.25, 0.3) is 11.4 Å². The van der Waals surface area contributed by atoms with Crippen molar-refractivity contribution in [1.29, 1.82) is 0 Å². The van der Waals surface area contributed by atoms with Gasteiger partial charge >= 0.3 is 6.61 Å². The molecule has 0 aliphatic carbocycles. The molecule has 0 bridgehead atoms. The Balaban J connectivity index is 1.66. The van der Waals surface area contributed by atoms with Gasteiger partial charge in [-0.05, 0) is 43.2 Å². The van der Waals surface area contributed by atoms with E-state index in [0.29, 0.717) is 22.6 Å². The van der Waals surface area contributed by atoms with Gasteiger partial charge in [-0.15, -0.1) is 0 Å². The van der Waals surface area contributed by atoms with Gasteiger partial charge in [-0.25, -0.2) is 4.98 Å². The molecule has 0 saturated carbocycles. The molecule has 0 saturated heterocycles. The fraction of sp³-hybridized carbons (Fsp3) is 0.304. The van der Waals surface area contributed by atoms with Crippen LogP contribution >= 0.6 is 0 Å². The number of aromatic amines is 1. The van der Waals surface area contributed by atoms with Crippen molar-refractivity contribution in [2.75, 3.05) is 14.2 Å². The third-order valence-corrected chi connectivity index (χ3v) is 5.05. The number of alkyl halides is 2. The van der Waals surface area contributed by atoms with E-state index >= 15 is 0 Å². The molecule has 1 amide bonds. The lowest BCUT2D eigenvalue weighted by molar-refractivity contribution is -0.130. The van der Waals surface area contributed by atoms with Crippen LogP contribution in [0, 0.1) is 6.92 Å². The van der Waals surface area contributed by atoms with E-state index in [4.69, 9.17) is 4.74 Å². The number of ether oxygens (including phenoxy) is 2. The average Bonchev–Trinajstić information content (AvgIpc) is 2.78. The normalized spacial score (nSPS) is 10.8. The van der Waals surface area contributed by atoms with E-state index in [1.165, 1.54) is 24.1 Å². The van der Waals surface area contributed by atoms with Crippen LogP contribution in [-0.4, -0.2) is 46.5 Å². The van der Waals surface area contributed by atoms with Crippen molar-refractivity contribution in [2.45, 2.75) is 32.9 Å². The van der Waals surface area contributed by atoms with Crippen LogP contribution in [0.1, 0.15) is 23.2 Å². The minimum atomic E-state index is -2.99. The molecule has 2 heterocycles. The summed E-state index contributed by atoms with van der Waals surface area (Å²) in [6.07, 6.45) is 3.53. The van der Waals surface area contributed by atoms with Crippen molar-refractivity contribution in [1.82, 2.24) is 19.9 Å². The average molecular weight is 458 g/mol. The fourth-order valence-electron chi connectivity index (χ4n) is 3.34. The van der Waals surface area contributed by atoms with Crippen LogP contribution in [-0.2, 0) is 17.8 Å². The molecule has 2 aromatic heterocycles. The van der Waals surface area contributed by atoms with Crippen LogP contribution in [0.4, 0.5) is 8.78 Å². The molecule has 3 rings (SSSR count). The Morgan fingerprint density at radius 3 is 2.55 bits per heavy atom. The van der Waals surface area contributed by atoms with Gasteiger partial charge in [-0.3, -0.25) is 14.6 Å². The predicted octanol–water partition coefficient (Wildman–Crippen LogP) is 3.34. The second-order valence-corrected chi connectivity index (χ2v) is 7.33. The number of aromatic nitrogens is 3. The van der Waals surface area contributed by atoms with Gasteiger partial charge in [-0.1, -0.05) is 6.07 Å². The SMILES string of the molecule is COc1ccc(CN(C)C(=O)CCc2c(C)nc(-c3ccncc3)[nH]c2=O)cc1OC(F)F. The number of H-pyrrole nitrogens is 1. The summed E-state index contributed by atoms with van der Waals surface area (Å²) < 4.78 is 34.8. The standard InChI is InChI=1S/C23H24F2N4O4/c1-14-17(22(31)28-21(27-14)16-8-10-26-11-9-16)5-7-20(30)29(2)13-15-4-6-18(32-3)19(12-15)33-23(24)25/h4,6,8-12,23H,5,7,13H2,1-3H3,(H,27,28,31). The second-order valence-electron chi connectivity index (χ2n) is 7.33. The highest BCUT2D eigenvalue weighted by Crippen LogP contribution is 2.30. The lowest BCUT2D eigenvalue weighted by Crippen LogP contribution is -2.27. The zero-order chi connectivity index (χ0) is 24.0. The van der Waals surface area contributed by atoms with Crippen molar-refractivity contribution < 1.29 is 23.0 Å². The Kier molecular flexibility index (Phi) is 7.70. The molecule has 33 heavy (non-hydrogen) atoms. The Labute approximate surface area is 189 Å². The number of carbonyl (C=O) groups is 1. The first-order valence-electron chi connectivity index (χ1n) is 10.1. The van der Waals surface area contributed by atoms with Crippen molar-refractivity contribution in [3.63, 3.8) is 0 Å². The third kappa shape index (κ3) is 6.12. The van der Waals surface area contributed by atoms with Gasteiger partial charge in [0.25, 0.3) is 5.56 Å². The van der Waals surface area contributed by atoms with Crippen molar-refractivity contribution in [3.05, 3.63) is 69.9 Å². The van der Waals surface area contributed by atoms with Crippen molar-refractivity contribution in [2.24, 2.45) is 0 Å². The van der Waals surface area contributed by atoms with E-state index < -0.39 is 6.61 Å². The molecule has 1 aromatic carbocycles. The third-order valence-electron chi connectivity index (χ3n) is 5.05. The summed E-state index contributed by atoms with van der Waals surface area (Å²) in [6, 6.07) is 8.06. The van der Waals surface area contributed by atoms with E-state index in [1.807, 2.05) is 0 Å². The first-order chi connectivity index (χ1) is 15.8. The van der Waals surface area contributed by atoms with E-state index in [1.54, 1.807) is 44.6 Å². The van der Waals surface area contributed by atoms with Crippen LogP contribution in [0.5, 0.6) is 11.5 Å². The van der Waals surface area contributed by atoms with Gasteiger partial charge in [0.1, 0.15) is 5.82 Å². The first-order valence-corrected chi connectivity index (χ1v) is 10.1. The molecule has 0 fully saturated rings. The van der Waals surface area contributed by atoms with Crippen LogP contribution < -0.4 is 15.0 Å². The topological polar surface area (TPSA) is 97.4 Å². The van der Waals surface area contributed by atoms with Crippen molar-refractivity contribution in [3.8, 4) is 22.9 Å². The summed E-state index contributed by atoms with van der Waals surface area (Å²) in [5, 5.41) is 0. The maximum Gasteiger partial charge on any atom is 0.387 e. The largest absolute Gasteiger partial charge is 0.493 e. The summed E-state index contributed by atoms with van der Waals surface area (Å²) in [7, 11) is 2.95. The Morgan fingerprint density at radius 2 is 1.91 bits per heavy atom. The van der Waals surface area contributed by atoms with Gasteiger partial charge < -0.3 is 19.4 Å². The quantitative estimate of drug-likeness (QED) is 0.528. The summed E-state index contributed by atoms with van der Waals surface area (Å²) in [5.74, 6) is 0.298. The minimum Gasteiger partial charge on any atom is -0.493 e. The molecule has 0 atom stereocenters. The molecule has 174 valence electrons. The number of aryl methyl sites for hydroxylation is 1.